The van der Waals surface area contributed by atoms with E-state index in [1.165, 1.54) is 4.90 Å². The van der Waals surface area contributed by atoms with Gasteiger partial charge in [0, 0.05) is 38.2 Å². The van der Waals surface area contributed by atoms with Crippen LogP contribution in [0.15, 0.2) is 18.2 Å². The fourth-order valence-corrected chi connectivity index (χ4v) is 1.70. The molecule has 0 bridgehead atoms. The highest BCUT2D eigenvalue weighted by molar-refractivity contribution is 5.94. The maximum atomic E-state index is 12.0. The molecule has 5 nitrogen and oxygen atoms in total. The van der Waals surface area contributed by atoms with E-state index in [1.54, 1.807) is 32.3 Å². The molecule has 0 atom stereocenters. The van der Waals surface area contributed by atoms with Gasteiger partial charge in [0.1, 0.15) is 0 Å². The van der Waals surface area contributed by atoms with E-state index < -0.39 is 0 Å². The van der Waals surface area contributed by atoms with Crippen molar-refractivity contribution in [3.8, 4) is 11.8 Å². The monoisotopic (exact) mass is 287 g/mol. The van der Waals surface area contributed by atoms with E-state index in [0.29, 0.717) is 18.7 Å². The SMILES string of the molecule is Cc1cc(C(=O)NCCC(=O)N(C)C)ccc1C#CCN. The Bertz CT molecular complexity index is 583. The fraction of sp³-hybridized carbons (Fsp3) is 0.375. The molecule has 5 heteroatoms. The molecule has 0 saturated carbocycles. The molecule has 0 spiro atoms. The van der Waals surface area contributed by atoms with E-state index >= 15 is 0 Å². The normalized spacial score (nSPS) is 9.52. The molecule has 0 aliphatic rings. The molecule has 0 aromatic heterocycles. The maximum absolute atomic E-state index is 12.0. The predicted octanol–water partition coefficient (Wildman–Crippen LogP) is 0.513. The van der Waals surface area contributed by atoms with Gasteiger partial charge in [0.2, 0.25) is 5.91 Å². The number of amides is 2. The second-order valence-corrected chi connectivity index (χ2v) is 4.83. The van der Waals surface area contributed by atoms with E-state index in [9.17, 15) is 9.59 Å². The third kappa shape index (κ3) is 5.28. The van der Waals surface area contributed by atoms with Crippen molar-refractivity contribution < 1.29 is 9.59 Å². The number of aryl methyl sites for hydroxylation is 1. The zero-order valence-electron chi connectivity index (χ0n) is 12.7. The third-order valence-electron chi connectivity index (χ3n) is 2.94. The Morgan fingerprint density at radius 2 is 2.05 bits per heavy atom. The summed E-state index contributed by atoms with van der Waals surface area (Å²) in [5.41, 5.74) is 7.68. The van der Waals surface area contributed by atoms with Crippen molar-refractivity contribution in [1.82, 2.24) is 10.2 Å². The lowest BCUT2D eigenvalue weighted by molar-refractivity contribution is -0.128. The molecule has 0 fully saturated rings. The van der Waals surface area contributed by atoms with Gasteiger partial charge in [-0.3, -0.25) is 9.59 Å². The number of carbonyl (C=O) groups is 2. The molecule has 0 aliphatic heterocycles. The van der Waals surface area contributed by atoms with Crippen molar-refractivity contribution >= 4 is 11.8 Å². The van der Waals surface area contributed by atoms with Crippen LogP contribution in [-0.4, -0.2) is 43.9 Å². The molecule has 112 valence electrons. The minimum absolute atomic E-state index is 0.0149. The summed E-state index contributed by atoms with van der Waals surface area (Å²) in [6, 6.07) is 5.30. The highest BCUT2D eigenvalue weighted by atomic mass is 16.2. The Hall–Kier alpha value is -2.32. The summed E-state index contributed by atoms with van der Waals surface area (Å²) < 4.78 is 0. The quantitative estimate of drug-likeness (QED) is 0.792. The Kier molecular flexibility index (Phi) is 6.44. The first-order chi connectivity index (χ1) is 9.95. The van der Waals surface area contributed by atoms with Crippen LogP contribution in [0.4, 0.5) is 0 Å². The highest BCUT2D eigenvalue weighted by Gasteiger charge is 2.08. The minimum Gasteiger partial charge on any atom is -0.352 e. The van der Waals surface area contributed by atoms with Gasteiger partial charge in [0.15, 0.2) is 0 Å². The summed E-state index contributed by atoms with van der Waals surface area (Å²) in [4.78, 5) is 24.9. The Morgan fingerprint density at radius 1 is 1.33 bits per heavy atom. The molecule has 1 aromatic rings. The van der Waals surface area contributed by atoms with Gasteiger partial charge in [-0.1, -0.05) is 11.8 Å². The van der Waals surface area contributed by atoms with E-state index in [2.05, 4.69) is 17.2 Å². The molecule has 0 unspecified atom stereocenters. The summed E-state index contributed by atoms with van der Waals surface area (Å²) in [7, 11) is 3.38. The maximum Gasteiger partial charge on any atom is 0.251 e. The van der Waals surface area contributed by atoms with E-state index in [-0.39, 0.29) is 18.2 Å². The largest absolute Gasteiger partial charge is 0.352 e. The zero-order valence-corrected chi connectivity index (χ0v) is 12.7. The Balaban J connectivity index is 2.63. The van der Waals surface area contributed by atoms with Crippen LogP contribution in [0.1, 0.15) is 27.9 Å². The van der Waals surface area contributed by atoms with Crippen molar-refractivity contribution in [1.29, 1.82) is 0 Å². The van der Waals surface area contributed by atoms with Crippen molar-refractivity contribution in [2.45, 2.75) is 13.3 Å². The molecule has 0 saturated heterocycles. The number of rotatable bonds is 4. The lowest BCUT2D eigenvalue weighted by Gasteiger charge is -2.11. The van der Waals surface area contributed by atoms with Crippen LogP contribution in [0, 0.1) is 18.8 Å². The summed E-state index contributed by atoms with van der Waals surface area (Å²) in [6.07, 6.45) is 0.289. The van der Waals surface area contributed by atoms with Crippen LogP contribution in [0.25, 0.3) is 0 Å². The van der Waals surface area contributed by atoms with Crippen LogP contribution < -0.4 is 11.1 Å². The molecule has 1 aromatic carbocycles. The van der Waals surface area contributed by atoms with Crippen molar-refractivity contribution in [3.63, 3.8) is 0 Å². The summed E-state index contributed by atoms with van der Waals surface area (Å²) in [5.74, 6) is 5.53. The van der Waals surface area contributed by atoms with Gasteiger partial charge >= 0.3 is 0 Å². The van der Waals surface area contributed by atoms with Crippen molar-refractivity contribution in [2.24, 2.45) is 5.73 Å². The molecule has 0 radical (unpaired) electrons. The zero-order chi connectivity index (χ0) is 15.8. The van der Waals surface area contributed by atoms with Gasteiger partial charge in [-0.25, -0.2) is 0 Å². The first kappa shape index (κ1) is 16.7. The first-order valence-corrected chi connectivity index (χ1v) is 6.73. The van der Waals surface area contributed by atoms with Gasteiger partial charge < -0.3 is 16.0 Å². The number of hydrogen-bond acceptors (Lipinski definition) is 3. The molecule has 2 amide bonds. The molecular formula is C16H21N3O2. The number of benzene rings is 1. The van der Waals surface area contributed by atoms with Crippen LogP contribution in [0.2, 0.25) is 0 Å². The number of hydrogen-bond donors (Lipinski definition) is 2. The number of nitrogens with two attached hydrogens (primary N) is 1. The van der Waals surface area contributed by atoms with Gasteiger partial charge in [-0.15, -0.1) is 0 Å². The van der Waals surface area contributed by atoms with Gasteiger partial charge in [-0.05, 0) is 30.7 Å². The lowest BCUT2D eigenvalue weighted by Crippen LogP contribution is -2.30. The van der Waals surface area contributed by atoms with E-state index in [4.69, 9.17) is 5.73 Å². The molecule has 0 aliphatic carbocycles. The smallest absolute Gasteiger partial charge is 0.251 e. The van der Waals surface area contributed by atoms with Crippen LogP contribution in [0.3, 0.4) is 0 Å². The standard InChI is InChI=1S/C16H21N3O2/c1-12-11-14(7-6-13(12)5-4-9-17)16(21)18-10-8-15(20)19(2)3/h6-7,11H,8-10,17H2,1-3H3,(H,18,21). The second-order valence-electron chi connectivity index (χ2n) is 4.83. The summed E-state index contributed by atoms with van der Waals surface area (Å²) >= 11 is 0. The van der Waals surface area contributed by atoms with Gasteiger partial charge in [0.25, 0.3) is 5.91 Å². The summed E-state index contributed by atoms with van der Waals surface area (Å²) in [6.45, 7) is 2.53. The third-order valence-corrected chi connectivity index (χ3v) is 2.94. The van der Waals surface area contributed by atoms with Crippen LogP contribution >= 0.6 is 0 Å². The number of carbonyl (C=O) groups excluding carboxylic acids is 2. The van der Waals surface area contributed by atoms with Gasteiger partial charge in [0.05, 0.1) is 6.54 Å². The molecule has 0 heterocycles. The topological polar surface area (TPSA) is 75.4 Å². The minimum atomic E-state index is -0.192. The fourth-order valence-electron chi connectivity index (χ4n) is 1.70. The highest BCUT2D eigenvalue weighted by Crippen LogP contribution is 2.10. The number of nitrogens with zero attached hydrogens (tertiary/aromatic N) is 1. The first-order valence-electron chi connectivity index (χ1n) is 6.73. The van der Waals surface area contributed by atoms with Crippen molar-refractivity contribution in [2.75, 3.05) is 27.2 Å². The van der Waals surface area contributed by atoms with E-state index in [1.807, 2.05) is 6.92 Å². The molecule has 3 N–H and O–H groups in total. The van der Waals surface area contributed by atoms with Gasteiger partial charge in [-0.2, -0.15) is 0 Å². The lowest BCUT2D eigenvalue weighted by atomic mass is 10.0. The summed E-state index contributed by atoms with van der Waals surface area (Å²) in [5, 5.41) is 2.73. The Morgan fingerprint density at radius 3 is 2.62 bits per heavy atom. The average molecular weight is 287 g/mol. The molecule has 1 rings (SSSR count). The van der Waals surface area contributed by atoms with Crippen LogP contribution in [-0.2, 0) is 4.79 Å². The van der Waals surface area contributed by atoms with Crippen LogP contribution in [0.5, 0.6) is 0 Å². The second kappa shape index (κ2) is 8.08. The predicted molar refractivity (Wildman–Crippen MR) is 82.8 cm³/mol. The molecule has 21 heavy (non-hydrogen) atoms. The number of nitrogens with one attached hydrogen (secondary N) is 1. The average Bonchev–Trinajstić information content (AvgIpc) is 2.45. The Labute approximate surface area is 125 Å². The molecular weight excluding hydrogens is 266 g/mol. The van der Waals surface area contributed by atoms with E-state index in [0.717, 1.165) is 11.1 Å². The van der Waals surface area contributed by atoms with Crippen molar-refractivity contribution in [3.05, 3.63) is 34.9 Å².